The summed E-state index contributed by atoms with van der Waals surface area (Å²) in [7, 11) is 1.51. The zero-order valence-corrected chi connectivity index (χ0v) is 12.8. The van der Waals surface area contributed by atoms with Crippen LogP contribution in [0.25, 0.3) is 5.57 Å². The van der Waals surface area contributed by atoms with Gasteiger partial charge in [-0.15, -0.1) is 0 Å². The van der Waals surface area contributed by atoms with Gasteiger partial charge >= 0.3 is 0 Å². The number of rotatable bonds is 3. The van der Waals surface area contributed by atoms with E-state index in [-0.39, 0.29) is 17.8 Å². The molecular weight excluding hydrogens is 311 g/mol. The number of phenolic OH excluding ortho intramolecular Hbond substituents is 1. The molecule has 4 N–H and O–H groups in total. The van der Waals surface area contributed by atoms with E-state index >= 15 is 0 Å². The molecule has 0 bridgehead atoms. The minimum atomic E-state index is -1.95. The van der Waals surface area contributed by atoms with Gasteiger partial charge < -0.3 is 10.8 Å². The molecule has 0 aliphatic carbocycles. The molecule has 0 aromatic heterocycles. The van der Waals surface area contributed by atoms with E-state index in [0.717, 1.165) is 4.31 Å². The van der Waals surface area contributed by atoms with Crippen LogP contribution >= 0.6 is 0 Å². The summed E-state index contributed by atoms with van der Waals surface area (Å²) in [4.78, 5) is 15.1. The molecule has 1 amide bonds. The smallest absolute Gasteiger partial charge is 0.253 e. The maximum atomic E-state index is 14.8. The van der Waals surface area contributed by atoms with Gasteiger partial charge in [0, 0.05) is 30.1 Å². The highest BCUT2D eigenvalue weighted by Gasteiger charge is 2.32. The Morgan fingerprint density at radius 1 is 1.59 bits per heavy atom. The molecular formula is C13H15FN4O3S. The number of nitrogens with one attached hydrogen (secondary N) is 1. The number of nitrogens with two attached hydrogens (primary N) is 1. The van der Waals surface area contributed by atoms with Crippen molar-refractivity contribution in [2.24, 2.45) is 10.7 Å². The van der Waals surface area contributed by atoms with Gasteiger partial charge in [-0.05, 0) is 19.1 Å². The van der Waals surface area contributed by atoms with Crippen LogP contribution in [0, 0.1) is 5.82 Å². The maximum Gasteiger partial charge on any atom is 0.253 e. The van der Waals surface area contributed by atoms with Crippen LogP contribution in [0.15, 0.2) is 22.8 Å². The van der Waals surface area contributed by atoms with Crippen molar-refractivity contribution in [2.75, 3.05) is 17.9 Å². The Hall–Kier alpha value is -2.42. The number of aliphatic imine (C=N–C) groups is 1. The molecule has 1 aliphatic rings. The Kier molecular flexibility index (Phi) is 4.45. The van der Waals surface area contributed by atoms with Gasteiger partial charge in [-0.25, -0.2) is 8.60 Å². The van der Waals surface area contributed by atoms with Gasteiger partial charge in [-0.1, -0.05) is 0 Å². The van der Waals surface area contributed by atoms with Gasteiger partial charge in [-0.2, -0.15) is 0 Å². The fraction of sp³-hybridized carbons (Fsp3) is 0.231. The van der Waals surface area contributed by atoms with E-state index in [1.807, 2.05) is 0 Å². The Labute approximate surface area is 129 Å². The Morgan fingerprint density at radius 2 is 2.27 bits per heavy atom. The van der Waals surface area contributed by atoms with Crippen molar-refractivity contribution in [1.82, 2.24) is 4.72 Å². The second kappa shape index (κ2) is 6.14. The molecule has 1 heterocycles. The summed E-state index contributed by atoms with van der Waals surface area (Å²) in [6.45, 7) is 1.27. The number of hydrogen-bond acceptors (Lipinski definition) is 5. The quantitative estimate of drug-likeness (QED) is 0.700. The van der Waals surface area contributed by atoms with Crippen molar-refractivity contribution in [1.29, 1.82) is 0 Å². The second-order valence-corrected chi connectivity index (χ2v) is 5.73. The van der Waals surface area contributed by atoms with Gasteiger partial charge in [0.2, 0.25) is 11.2 Å². The predicted octanol–water partition coefficient (Wildman–Crippen LogP) is 0.437. The van der Waals surface area contributed by atoms with Crippen molar-refractivity contribution >= 4 is 34.6 Å². The van der Waals surface area contributed by atoms with Crippen LogP contribution in [0.3, 0.4) is 0 Å². The van der Waals surface area contributed by atoms with Crippen molar-refractivity contribution in [2.45, 2.75) is 6.92 Å². The normalized spacial score (nSPS) is 19.5. The molecule has 1 fully saturated rings. The summed E-state index contributed by atoms with van der Waals surface area (Å²) in [5, 5.41) is 9.89. The molecule has 2 rings (SSSR count). The van der Waals surface area contributed by atoms with E-state index in [1.165, 1.54) is 25.4 Å². The number of benzene rings is 1. The summed E-state index contributed by atoms with van der Waals surface area (Å²) in [5.74, 6) is -1.78. The minimum absolute atomic E-state index is 0.0924. The lowest BCUT2D eigenvalue weighted by molar-refractivity contribution is -0.117. The zero-order chi connectivity index (χ0) is 16.4. The first-order valence-electron chi connectivity index (χ1n) is 6.26. The lowest BCUT2D eigenvalue weighted by Crippen LogP contribution is -2.24. The van der Waals surface area contributed by atoms with Crippen molar-refractivity contribution < 1.29 is 18.5 Å². The molecule has 1 unspecified atom stereocenters. The monoisotopic (exact) mass is 326 g/mol. The van der Waals surface area contributed by atoms with E-state index in [4.69, 9.17) is 5.73 Å². The molecule has 0 radical (unpaired) electrons. The van der Waals surface area contributed by atoms with Crippen molar-refractivity contribution in [3.8, 4) is 5.75 Å². The standard InChI is InChI=1S/C13H15FN4O3S/c1-7(15)9(5-16-2)8-3-4-10(19)13(12(8)14)18-6-11(20)17-22(18)21/h3-5,19H,6,15H2,1-2H3,(H,17,20)/b9-7+,16-5?. The van der Waals surface area contributed by atoms with E-state index in [2.05, 4.69) is 9.71 Å². The van der Waals surface area contributed by atoms with Gasteiger partial charge in [0.05, 0.1) is 0 Å². The highest BCUT2D eigenvalue weighted by Crippen LogP contribution is 2.36. The molecule has 1 aromatic rings. The van der Waals surface area contributed by atoms with Gasteiger partial charge in [-0.3, -0.25) is 18.8 Å². The number of carbonyl (C=O) groups is 1. The first-order valence-corrected chi connectivity index (χ1v) is 7.36. The van der Waals surface area contributed by atoms with Gasteiger partial charge in [0.15, 0.2) is 5.82 Å². The Balaban J connectivity index is 2.63. The number of phenols is 1. The number of halogens is 1. The third-order valence-electron chi connectivity index (χ3n) is 3.01. The van der Waals surface area contributed by atoms with Crippen LogP contribution in [-0.4, -0.2) is 35.0 Å². The third-order valence-corrected chi connectivity index (χ3v) is 4.12. The Morgan fingerprint density at radius 3 is 2.77 bits per heavy atom. The van der Waals surface area contributed by atoms with Gasteiger partial charge in [0.25, 0.3) is 5.91 Å². The fourth-order valence-electron chi connectivity index (χ4n) is 2.05. The van der Waals surface area contributed by atoms with Gasteiger partial charge in [0.1, 0.15) is 18.0 Å². The molecule has 0 spiro atoms. The largest absolute Gasteiger partial charge is 0.506 e. The summed E-state index contributed by atoms with van der Waals surface area (Å²) in [5.41, 5.74) is 6.17. The van der Waals surface area contributed by atoms with Crippen LogP contribution < -0.4 is 14.8 Å². The molecule has 1 aromatic carbocycles. The van der Waals surface area contributed by atoms with Crippen molar-refractivity contribution in [3.63, 3.8) is 0 Å². The molecule has 1 saturated heterocycles. The highest BCUT2D eigenvalue weighted by molar-refractivity contribution is 7.85. The lowest BCUT2D eigenvalue weighted by Gasteiger charge is -2.18. The van der Waals surface area contributed by atoms with E-state index in [9.17, 15) is 18.5 Å². The lowest BCUT2D eigenvalue weighted by atomic mass is 10.0. The molecule has 1 aliphatic heterocycles. The number of carbonyl (C=O) groups excluding carboxylic acids is 1. The molecule has 7 nitrogen and oxygen atoms in total. The van der Waals surface area contributed by atoms with Crippen LogP contribution in [0.5, 0.6) is 5.75 Å². The first-order chi connectivity index (χ1) is 10.4. The van der Waals surface area contributed by atoms with E-state index in [1.54, 1.807) is 6.92 Å². The minimum Gasteiger partial charge on any atom is -0.506 e. The number of nitrogens with zero attached hydrogens (tertiary/aromatic N) is 2. The van der Waals surface area contributed by atoms with Crippen LogP contribution in [-0.2, 0) is 16.0 Å². The van der Waals surface area contributed by atoms with E-state index < -0.39 is 28.6 Å². The number of hydrogen-bond donors (Lipinski definition) is 3. The number of allylic oxidation sites excluding steroid dienone is 2. The summed E-state index contributed by atoms with van der Waals surface area (Å²) < 4.78 is 29.7. The Bertz CT molecular complexity index is 713. The number of anilines is 1. The zero-order valence-electron chi connectivity index (χ0n) is 12.0. The number of aromatic hydroxyl groups is 1. The molecule has 0 saturated carbocycles. The summed E-state index contributed by atoms with van der Waals surface area (Å²) in [6.07, 6.45) is 1.39. The average molecular weight is 326 g/mol. The topological polar surface area (TPSA) is 108 Å². The molecule has 9 heteroatoms. The summed E-state index contributed by atoms with van der Waals surface area (Å²) in [6, 6.07) is 2.59. The fourth-order valence-corrected chi connectivity index (χ4v) is 2.99. The predicted molar refractivity (Wildman–Crippen MR) is 82.9 cm³/mol. The molecule has 22 heavy (non-hydrogen) atoms. The second-order valence-electron chi connectivity index (χ2n) is 4.59. The highest BCUT2D eigenvalue weighted by atomic mass is 32.2. The van der Waals surface area contributed by atoms with E-state index in [0.29, 0.717) is 11.3 Å². The molecule has 1 atom stereocenters. The first kappa shape index (κ1) is 16.0. The average Bonchev–Trinajstić information content (AvgIpc) is 2.76. The molecule has 118 valence electrons. The van der Waals surface area contributed by atoms with Crippen LogP contribution in [0.4, 0.5) is 10.1 Å². The van der Waals surface area contributed by atoms with Crippen molar-refractivity contribution in [3.05, 3.63) is 29.2 Å². The third kappa shape index (κ3) is 2.80. The summed E-state index contributed by atoms with van der Waals surface area (Å²) >= 11 is -1.95. The number of amides is 1. The maximum absolute atomic E-state index is 14.8. The van der Waals surface area contributed by atoms with Crippen LogP contribution in [0.1, 0.15) is 12.5 Å². The van der Waals surface area contributed by atoms with Crippen LogP contribution in [0.2, 0.25) is 0 Å². The SMILES string of the molecule is CN=C/C(=C(/C)N)c1ccc(O)c(N2CC(=O)NS2=O)c1F.